The van der Waals surface area contributed by atoms with Gasteiger partial charge in [0.2, 0.25) is 0 Å². The van der Waals surface area contributed by atoms with Crippen molar-refractivity contribution < 1.29 is 4.74 Å². The summed E-state index contributed by atoms with van der Waals surface area (Å²) < 4.78 is 5.91. The predicted octanol–water partition coefficient (Wildman–Crippen LogP) is 3.82. The van der Waals surface area contributed by atoms with Gasteiger partial charge in [0.05, 0.1) is 18.1 Å². The molecule has 2 heterocycles. The van der Waals surface area contributed by atoms with Crippen LogP contribution in [0.2, 0.25) is 0 Å². The molecule has 2 saturated heterocycles. The van der Waals surface area contributed by atoms with Crippen molar-refractivity contribution in [2.75, 3.05) is 39.3 Å². The molecule has 0 bridgehead atoms. The van der Waals surface area contributed by atoms with E-state index in [-0.39, 0.29) is 5.41 Å². The zero-order valence-electron chi connectivity index (χ0n) is 16.4. The van der Waals surface area contributed by atoms with E-state index in [2.05, 4.69) is 41.8 Å². The number of piperidine rings is 1. The minimum atomic E-state index is -0.334. The lowest BCUT2D eigenvalue weighted by Crippen LogP contribution is -2.44. The molecule has 3 rings (SSSR count). The second-order valence-corrected chi connectivity index (χ2v) is 8.10. The largest absolute Gasteiger partial charge is 0.494 e. The van der Waals surface area contributed by atoms with Crippen LogP contribution in [0.4, 0.5) is 0 Å². The van der Waals surface area contributed by atoms with Crippen LogP contribution in [0.1, 0.15) is 51.5 Å². The van der Waals surface area contributed by atoms with E-state index in [1.807, 2.05) is 12.1 Å². The summed E-state index contributed by atoms with van der Waals surface area (Å²) in [6.45, 7) is 10.9. The van der Waals surface area contributed by atoms with Gasteiger partial charge in [-0.2, -0.15) is 5.26 Å². The van der Waals surface area contributed by atoms with E-state index in [0.29, 0.717) is 6.04 Å². The summed E-state index contributed by atoms with van der Waals surface area (Å²) in [6.07, 6.45) is 5.60. The molecule has 2 aliphatic heterocycles. The summed E-state index contributed by atoms with van der Waals surface area (Å²) in [7, 11) is 0. The van der Waals surface area contributed by atoms with Gasteiger partial charge in [-0.25, -0.2) is 0 Å². The topological polar surface area (TPSA) is 39.5 Å². The molecular weight excluding hydrogens is 322 g/mol. The number of hydrogen-bond donors (Lipinski definition) is 0. The fraction of sp³-hybridized carbons (Fsp3) is 0.682. The summed E-state index contributed by atoms with van der Waals surface area (Å²) in [4.78, 5) is 4.99. The molecule has 0 N–H and O–H groups in total. The normalized spacial score (nSPS) is 21.0. The van der Waals surface area contributed by atoms with Gasteiger partial charge in [0.15, 0.2) is 0 Å². The fourth-order valence-electron chi connectivity index (χ4n) is 4.24. The number of hydrogen-bond acceptors (Lipinski definition) is 4. The maximum absolute atomic E-state index is 9.86. The minimum Gasteiger partial charge on any atom is -0.494 e. The third-order valence-electron chi connectivity index (χ3n) is 6.09. The lowest BCUT2D eigenvalue weighted by molar-refractivity contribution is 0.151. The first kappa shape index (κ1) is 19.2. The first-order chi connectivity index (χ1) is 12.6. The van der Waals surface area contributed by atoms with Gasteiger partial charge >= 0.3 is 0 Å². The minimum absolute atomic E-state index is 0.334. The van der Waals surface area contributed by atoms with Gasteiger partial charge in [0.1, 0.15) is 5.75 Å². The molecule has 4 nitrogen and oxygen atoms in total. The third kappa shape index (κ3) is 4.58. The summed E-state index contributed by atoms with van der Waals surface area (Å²) in [5, 5.41) is 9.86. The summed E-state index contributed by atoms with van der Waals surface area (Å²) in [5.41, 5.74) is 0.812. The number of nitriles is 1. The monoisotopic (exact) mass is 355 g/mol. The zero-order chi connectivity index (χ0) is 18.4. The Labute approximate surface area is 158 Å². The predicted molar refractivity (Wildman–Crippen MR) is 105 cm³/mol. The van der Waals surface area contributed by atoms with Crippen LogP contribution in [0, 0.1) is 11.3 Å². The van der Waals surface area contributed by atoms with Crippen molar-refractivity contribution in [1.82, 2.24) is 9.80 Å². The molecule has 0 amide bonds. The smallest absolute Gasteiger partial charge is 0.119 e. The van der Waals surface area contributed by atoms with Crippen LogP contribution in [0.5, 0.6) is 5.75 Å². The van der Waals surface area contributed by atoms with Crippen LogP contribution < -0.4 is 4.74 Å². The maximum Gasteiger partial charge on any atom is 0.119 e. The van der Waals surface area contributed by atoms with Crippen molar-refractivity contribution in [3.05, 3.63) is 29.8 Å². The Bertz CT molecular complexity index is 591. The third-order valence-corrected chi connectivity index (χ3v) is 6.09. The fourth-order valence-corrected chi connectivity index (χ4v) is 4.24. The molecule has 0 saturated carbocycles. The van der Waals surface area contributed by atoms with Gasteiger partial charge in [-0.15, -0.1) is 0 Å². The van der Waals surface area contributed by atoms with E-state index in [9.17, 15) is 5.26 Å². The van der Waals surface area contributed by atoms with Crippen molar-refractivity contribution in [1.29, 1.82) is 5.26 Å². The zero-order valence-corrected chi connectivity index (χ0v) is 16.4. The van der Waals surface area contributed by atoms with Crippen LogP contribution >= 0.6 is 0 Å². The molecule has 0 spiro atoms. The van der Waals surface area contributed by atoms with Gasteiger partial charge in [-0.05, 0) is 76.7 Å². The average molecular weight is 356 g/mol. The van der Waals surface area contributed by atoms with Crippen molar-refractivity contribution in [2.45, 2.75) is 57.4 Å². The van der Waals surface area contributed by atoms with E-state index in [4.69, 9.17) is 4.74 Å². The van der Waals surface area contributed by atoms with Crippen LogP contribution in [0.25, 0.3) is 0 Å². The summed E-state index contributed by atoms with van der Waals surface area (Å²) >= 11 is 0. The lowest BCUT2D eigenvalue weighted by Gasteiger charge is -2.39. The van der Waals surface area contributed by atoms with Gasteiger partial charge < -0.3 is 14.5 Å². The van der Waals surface area contributed by atoms with E-state index in [1.54, 1.807) is 0 Å². The van der Waals surface area contributed by atoms with Crippen LogP contribution in [-0.4, -0.2) is 55.2 Å². The maximum atomic E-state index is 9.86. The SMILES string of the molecule is CC(C)N1CCC(C#N)(c2ccc(OCCCN3CCCC3)cc2)CC1. The Balaban J connectivity index is 1.50. The number of likely N-dealkylation sites (tertiary alicyclic amines) is 2. The molecule has 26 heavy (non-hydrogen) atoms. The second-order valence-electron chi connectivity index (χ2n) is 8.10. The van der Waals surface area contributed by atoms with Crippen molar-refractivity contribution in [2.24, 2.45) is 0 Å². The van der Waals surface area contributed by atoms with E-state index >= 15 is 0 Å². The Hall–Kier alpha value is -1.57. The average Bonchev–Trinajstić information content (AvgIpc) is 3.19. The quantitative estimate of drug-likeness (QED) is 0.697. The summed E-state index contributed by atoms with van der Waals surface area (Å²) in [6, 6.07) is 11.5. The highest BCUT2D eigenvalue weighted by Crippen LogP contribution is 2.36. The summed E-state index contributed by atoms with van der Waals surface area (Å²) in [5.74, 6) is 0.919. The Morgan fingerprint density at radius 3 is 2.31 bits per heavy atom. The second kappa shape index (κ2) is 8.88. The number of nitrogens with zero attached hydrogens (tertiary/aromatic N) is 3. The molecule has 4 heteroatoms. The molecule has 0 atom stereocenters. The van der Waals surface area contributed by atoms with Gasteiger partial charge in [-0.1, -0.05) is 12.1 Å². The van der Waals surface area contributed by atoms with Crippen LogP contribution in [0.15, 0.2) is 24.3 Å². The molecule has 2 fully saturated rings. The molecule has 142 valence electrons. The molecule has 1 aromatic carbocycles. The highest BCUT2D eigenvalue weighted by molar-refractivity contribution is 5.37. The molecular formula is C22H33N3O. The van der Waals surface area contributed by atoms with Gasteiger partial charge in [0.25, 0.3) is 0 Å². The number of rotatable bonds is 7. The highest BCUT2D eigenvalue weighted by atomic mass is 16.5. The van der Waals surface area contributed by atoms with E-state index < -0.39 is 0 Å². The van der Waals surface area contributed by atoms with Gasteiger partial charge in [-0.3, -0.25) is 0 Å². The Morgan fingerprint density at radius 1 is 1.08 bits per heavy atom. The van der Waals surface area contributed by atoms with Crippen molar-refractivity contribution >= 4 is 0 Å². The molecule has 0 radical (unpaired) electrons. The molecule has 1 aromatic rings. The van der Waals surface area contributed by atoms with E-state index in [1.165, 1.54) is 25.9 Å². The Kier molecular flexibility index (Phi) is 6.56. The molecule has 2 aliphatic rings. The van der Waals surface area contributed by atoms with Crippen molar-refractivity contribution in [3.63, 3.8) is 0 Å². The number of benzene rings is 1. The number of ether oxygens (including phenoxy) is 1. The van der Waals surface area contributed by atoms with Crippen molar-refractivity contribution in [3.8, 4) is 11.8 Å². The first-order valence-electron chi connectivity index (χ1n) is 10.2. The molecule has 0 aliphatic carbocycles. The Morgan fingerprint density at radius 2 is 1.73 bits per heavy atom. The molecule has 0 aromatic heterocycles. The molecule has 0 unspecified atom stereocenters. The first-order valence-corrected chi connectivity index (χ1v) is 10.2. The van der Waals surface area contributed by atoms with Gasteiger partial charge in [0, 0.05) is 25.7 Å². The van der Waals surface area contributed by atoms with Crippen LogP contribution in [0.3, 0.4) is 0 Å². The lowest BCUT2D eigenvalue weighted by atomic mass is 9.74. The standard InChI is InChI=1S/C22H33N3O/c1-19(2)25-15-10-22(18-23,11-16-25)20-6-8-21(9-7-20)26-17-5-14-24-12-3-4-13-24/h6-9,19H,3-5,10-17H2,1-2H3. The van der Waals surface area contributed by atoms with Crippen LogP contribution in [-0.2, 0) is 5.41 Å². The highest BCUT2D eigenvalue weighted by Gasteiger charge is 2.36. The van der Waals surface area contributed by atoms with E-state index in [0.717, 1.165) is 56.8 Å².